The molecule has 2 amide bonds. The van der Waals surface area contributed by atoms with Gasteiger partial charge in [0.1, 0.15) is 5.54 Å². The van der Waals surface area contributed by atoms with Crippen molar-refractivity contribution in [2.75, 3.05) is 13.2 Å². The predicted molar refractivity (Wildman–Crippen MR) is 123 cm³/mol. The molecule has 1 fully saturated rings. The van der Waals surface area contributed by atoms with Gasteiger partial charge >= 0.3 is 5.97 Å². The largest absolute Gasteiger partial charge is 0.454 e. The summed E-state index contributed by atoms with van der Waals surface area (Å²) in [6.45, 7) is 2.04. The van der Waals surface area contributed by atoms with Gasteiger partial charge in [-0.3, -0.25) is 9.59 Å². The first-order valence-electron chi connectivity index (χ1n) is 11.3. The van der Waals surface area contributed by atoms with Gasteiger partial charge < -0.3 is 15.0 Å². The van der Waals surface area contributed by atoms with E-state index in [1.165, 1.54) is 6.92 Å². The maximum Gasteiger partial charge on any atom is 0.332 e. The van der Waals surface area contributed by atoms with Gasteiger partial charge in [-0.2, -0.15) is 0 Å². The normalized spacial score (nSPS) is 14.9. The molecular formula is C26H32N2O4. The second-order valence-corrected chi connectivity index (χ2v) is 8.44. The molecule has 2 aromatic rings. The summed E-state index contributed by atoms with van der Waals surface area (Å²) in [5, 5.41) is 2.80. The van der Waals surface area contributed by atoms with Gasteiger partial charge in [-0.05, 0) is 30.4 Å². The molecule has 0 aromatic heterocycles. The van der Waals surface area contributed by atoms with Crippen molar-refractivity contribution in [3.63, 3.8) is 0 Å². The molecule has 1 aliphatic carbocycles. The van der Waals surface area contributed by atoms with E-state index in [2.05, 4.69) is 5.32 Å². The summed E-state index contributed by atoms with van der Waals surface area (Å²) in [6, 6.07) is 19.8. The highest BCUT2D eigenvalue weighted by Gasteiger charge is 2.42. The third-order valence-corrected chi connectivity index (χ3v) is 5.92. The number of carbonyl (C=O) groups is 3. The van der Waals surface area contributed by atoms with E-state index in [4.69, 9.17) is 4.74 Å². The van der Waals surface area contributed by atoms with E-state index in [0.29, 0.717) is 32.4 Å². The number of hydrogen-bond acceptors (Lipinski definition) is 4. The lowest BCUT2D eigenvalue weighted by atomic mass is 9.81. The summed E-state index contributed by atoms with van der Waals surface area (Å²) >= 11 is 0. The molecule has 0 spiro atoms. The second kappa shape index (κ2) is 11.5. The number of amides is 2. The highest BCUT2D eigenvalue weighted by molar-refractivity contribution is 5.89. The number of esters is 1. The maximum atomic E-state index is 13.0. The van der Waals surface area contributed by atoms with Gasteiger partial charge in [-0.25, -0.2) is 4.79 Å². The Morgan fingerprint density at radius 2 is 1.50 bits per heavy atom. The average molecular weight is 437 g/mol. The molecule has 0 unspecified atom stereocenters. The zero-order valence-corrected chi connectivity index (χ0v) is 18.7. The minimum atomic E-state index is -1.02. The summed E-state index contributed by atoms with van der Waals surface area (Å²) < 4.78 is 5.47. The van der Waals surface area contributed by atoms with Crippen molar-refractivity contribution in [1.82, 2.24) is 10.2 Å². The molecule has 0 radical (unpaired) electrons. The van der Waals surface area contributed by atoms with Crippen molar-refractivity contribution >= 4 is 17.8 Å². The lowest BCUT2D eigenvalue weighted by Crippen LogP contribution is -2.56. The smallest absolute Gasteiger partial charge is 0.332 e. The summed E-state index contributed by atoms with van der Waals surface area (Å²) in [5.41, 5.74) is 1.14. The van der Waals surface area contributed by atoms with Crippen molar-refractivity contribution < 1.29 is 19.1 Å². The van der Waals surface area contributed by atoms with Crippen LogP contribution in [0.25, 0.3) is 0 Å². The third kappa shape index (κ3) is 6.67. The van der Waals surface area contributed by atoms with Gasteiger partial charge in [-0.15, -0.1) is 0 Å². The highest BCUT2D eigenvalue weighted by Crippen LogP contribution is 2.29. The molecule has 3 rings (SSSR count). The zero-order valence-electron chi connectivity index (χ0n) is 18.7. The van der Waals surface area contributed by atoms with Gasteiger partial charge in [0, 0.05) is 20.0 Å². The van der Waals surface area contributed by atoms with Gasteiger partial charge in [0.25, 0.3) is 5.91 Å². The Morgan fingerprint density at radius 1 is 0.906 bits per heavy atom. The third-order valence-electron chi connectivity index (χ3n) is 5.92. The van der Waals surface area contributed by atoms with Crippen molar-refractivity contribution in [3.05, 3.63) is 71.8 Å². The van der Waals surface area contributed by atoms with Gasteiger partial charge in [0.05, 0.1) is 0 Å². The Morgan fingerprint density at radius 3 is 2.09 bits per heavy atom. The second-order valence-electron chi connectivity index (χ2n) is 8.44. The van der Waals surface area contributed by atoms with Crippen LogP contribution in [0.2, 0.25) is 0 Å². The van der Waals surface area contributed by atoms with E-state index in [-0.39, 0.29) is 18.4 Å². The topological polar surface area (TPSA) is 75.7 Å². The Hall–Kier alpha value is -3.15. The SMILES string of the molecule is CC(=O)NC1(C(=O)OCC(=O)N(CCc2ccccc2)Cc2ccccc2)CCCCC1. The maximum absolute atomic E-state index is 13.0. The summed E-state index contributed by atoms with van der Waals surface area (Å²) in [7, 11) is 0. The van der Waals surface area contributed by atoms with Gasteiger partial charge in [0.2, 0.25) is 5.91 Å². The highest BCUT2D eigenvalue weighted by atomic mass is 16.5. The number of rotatable bonds is 9. The Kier molecular flexibility index (Phi) is 8.42. The first-order chi connectivity index (χ1) is 15.5. The molecular weight excluding hydrogens is 404 g/mol. The number of ether oxygens (including phenoxy) is 1. The van der Waals surface area contributed by atoms with Crippen LogP contribution in [0.4, 0.5) is 0 Å². The van der Waals surface area contributed by atoms with Crippen LogP contribution in [0, 0.1) is 0 Å². The average Bonchev–Trinajstić information content (AvgIpc) is 2.81. The van der Waals surface area contributed by atoms with Crippen LogP contribution < -0.4 is 5.32 Å². The van der Waals surface area contributed by atoms with Crippen molar-refractivity contribution in [2.24, 2.45) is 0 Å². The monoisotopic (exact) mass is 436 g/mol. The Labute approximate surface area is 189 Å². The van der Waals surface area contributed by atoms with E-state index in [9.17, 15) is 14.4 Å². The summed E-state index contributed by atoms with van der Waals surface area (Å²) in [6.07, 6.45) is 4.52. The summed E-state index contributed by atoms with van der Waals surface area (Å²) in [5.74, 6) is -1.01. The molecule has 0 atom stereocenters. The van der Waals surface area contributed by atoms with Crippen molar-refractivity contribution in [2.45, 2.75) is 57.5 Å². The van der Waals surface area contributed by atoms with E-state index in [1.807, 2.05) is 60.7 Å². The van der Waals surface area contributed by atoms with Crippen molar-refractivity contribution in [3.8, 4) is 0 Å². The first kappa shape index (κ1) is 23.5. The number of nitrogens with one attached hydrogen (secondary N) is 1. The Bertz CT molecular complexity index is 893. The van der Waals surface area contributed by atoms with Gasteiger partial charge in [-0.1, -0.05) is 79.9 Å². The fourth-order valence-corrected chi connectivity index (χ4v) is 4.23. The molecule has 0 bridgehead atoms. The fourth-order valence-electron chi connectivity index (χ4n) is 4.23. The Balaban J connectivity index is 1.65. The van der Waals surface area contributed by atoms with Crippen LogP contribution in [-0.4, -0.2) is 41.4 Å². The molecule has 0 saturated heterocycles. The quantitative estimate of drug-likeness (QED) is 0.609. The van der Waals surface area contributed by atoms with E-state index in [0.717, 1.165) is 30.4 Å². The van der Waals surface area contributed by atoms with Crippen molar-refractivity contribution in [1.29, 1.82) is 0 Å². The fraction of sp³-hybridized carbons (Fsp3) is 0.423. The predicted octanol–water partition coefficient (Wildman–Crippen LogP) is 3.64. The van der Waals surface area contributed by atoms with E-state index < -0.39 is 11.5 Å². The van der Waals surface area contributed by atoms with Gasteiger partial charge in [0.15, 0.2) is 6.61 Å². The lowest BCUT2D eigenvalue weighted by molar-refractivity contribution is -0.160. The number of carbonyl (C=O) groups excluding carboxylic acids is 3. The van der Waals surface area contributed by atoms with Crippen LogP contribution in [0.5, 0.6) is 0 Å². The molecule has 1 aliphatic rings. The number of benzene rings is 2. The van der Waals surface area contributed by atoms with Crippen LogP contribution in [0.15, 0.2) is 60.7 Å². The van der Waals surface area contributed by atoms with E-state index >= 15 is 0 Å². The number of nitrogens with zero attached hydrogens (tertiary/aromatic N) is 1. The molecule has 6 nitrogen and oxygen atoms in total. The number of hydrogen-bond donors (Lipinski definition) is 1. The molecule has 2 aromatic carbocycles. The van der Waals surface area contributed by atoms with E-state index in [1.54, 1.807) is 4.90 Å². The standard InChI is InChI=1S/C26H32N2O4/c1-21(29)27-26(16-9-4-10-17-26)25(31)32-20-24(30)28(19-23-13-7-3-8-14-23)18-15-22-11-5-2-6-12-22/h2-3,5-8,11-14H,4,9-10,15-20H2,1H3,(H,27,29). The molecule has 170 valence electrons. The molecule has 6 heteroatoms. The zero-order chi connectivity index (χ0) is 22.8. The molecule has 1 saturated carbocycles. The summed E-state index contributed by atoms with van der Waals surface area (Å²) in [4.78, 5) is 39.4. The minimum absolute atomic E-state index is 0.244. The first-order valence-corrected chi connectivity index (χ1v) is 11.3. The molecule has 32 heavy (non-hydrogen) atoms. The minimum Gasteiger partial charge on any atom is -0.454 e. The lowest BCUT2D eigenvalue weighted by Gasteiger charge is -2.35. The van der Waals surface area contributed by atoms with Crippen LogP contribution in [-0.2, 0) is 32.1 Å². The van der Waals surface area contributed by atoms with Crippen LogP contribution >= 0.6 is 0 Å². The molecule has 1 N–H and O–H groups in total. The van der Waals surface area contributed by atoms with Crippen LogP contribution in [0.1, 0.15) is 50.2 Å². The van der Waals surface area contributed by atoms with Crippen LogP contribution in [0.3, 0.4) is 0 Å². The molecule has 0 heterocycles. The molecule has 0 aliphatic heterocycles.